The molecule has 2 aromatic rings. The van der Waals surface area contributed by atoms with Crippen LogP contribution in [0.4, 0.5) is 13.2 Å². The van der Waals surface area contributed by atoms with Crippen molar-refractivity contribution in [3.05, 3.63) is 54.1 Å². The maximum Gasteiger partial charge on any atom is 0.416 e. The minimum Gasteiger partial charge on any atom is -0.337 e. The van der Waals surface area contributed by atoms with E-state index in [1.165, 1.54) is 12.1 Å². The predicted octanol–water partition coefficient (Wildman–Crippen LogP) is 4.71. The zero-order valence-electron chi connectivity index (χ0n) is 12.4. The normalized spacial score (nSPS) is 17.5. The highest BCUT2D eigenvalue weighted by molar-refractivity contribution is 8.21. The van der Waals surface area contributed by atoms with Gasteiger partial charge in [0.1, 0.15) is 0 Å². The Hall–Kier alpha value is -1.08. The number of imidazole rings is 1. The fourth-order valence-corrected chi connectivity index (χ4v) is 5.93. The van der Waals surface area contributed by atoms with Gasteiger partial charge in [-0.05, 0) is 30.5 Å². The van der Waals surface area contributed by atoms with Crippen molar-refractivity contribution in [1.29, 1.82) is 0 Å². The quantitative estimate of drug-likeness (QED) is 0.771. The number of hydrogen-bond donors (Lipinski definition) is 0. The molecular weight excluding hydrogens is 341 g/mol. The first-order valence-corrected chi connectivity index (χ1v) is 9.34. The van der Waals surface area contributed by atoms with E-state index in [-0.39, 0.29) is 4.08 Å². The number of halogens is 3. The van der Waals surface area contributed by atoms with Crippen molar-refractivity contribution in [3.63, 3.8) is 0 Å². The highest BCUT2D eigenvalue weighted by Gasteiger charge is 2.36. The van der Waals surface area contributed by atoms with Crippen molar-refractivity contribution in [2.75, 3.05) is 11.5 Å². The number of aryl methyl sites for hydroxylation is 1. The molecule has 2 heterocycles. The van der Waals surface area contributed by atoms with Gasteiger partial charge in [-0.25, -0.2) is 4.98 Å². The average Bonchev–Trinajstić information content (AvgIpc) is 3.17. The summed E-state index contributed by atoms with van der Waals surface area (Å²) in [5.74, 6) is 2.18. The summed E-state index contributed by atoms with van der Waals surface area (Å²) in [6.07, 6.45) is 2.99. The molecule has 23 heavy (non-hydrogen) atoms. The zero-order chi connectivity index (χ0) is 16.3. The molecule has 1 saturated heterocycles. The second-order valence-electron chi connectivity index (χ2n) is 5.53. The molecule has 0 spiro atoms. The standard InChI is InChI=1S/C16H17F3N2S2/c17-16(18,19)14-3-1-13(2-4-14)11-15(22-9-10-23-15)5-7-21-8-6-20-12-21/h1-4,6,8,12H,5,7,9-11H2. The molecule has 1 aliphatic heterocycles. The van der Waals surface area contributed by atoms with Gasteiger partial charge >= 0.3 is 6.18 Å². The fraction of sp³-hybridized carbons (Fsp3) is 0.438. The van der Waals surface area contributed by atoms with Crippen LogP contribution in [-0.4, -0.2) is 25.1 Å². The maximum atomic E-state index is 12.7. The van der Waals surface area contributed by atoms with Gasteiger partial charge in [0.15, 0.2) is 0 Å². The van der Waals surface area contributed by atoms with Gasteiger partial charge in [-0.2, -0.15) is 13.2 Å². The molecule has 0 amide bonds. The molecule has 0 unspecified atom stereocenters. The summed E-state index contributed by atoms with van der Waals surface area (Å²) in [4.78, 5) is 4.05. The van der Waals surface area contributed by atoms with E-state index in [1.54, 1.807) is 24.7 Å². The second kappa shape index (κ2) is 6.81. The van der Waals surface area contributed by atoms with E-state index >= 15 is 0 Å². The lowest BCUT2D eigenvalue weighted by Gasteiger charge is -2.27. The van der Waals surface area contributed by atoms with Gasteiger partial charge in [0.05, 0.1) is 16.0 Å². The Balaban J connectivity index is 1.69. The Kier molecular flexibility index (Phi) is 4.96. The van der Waals surface area contributed by atoms with Crippen molar-refractivity contribution in [1.82, 2.24) is 9.55 Å². The van der Waals surface area contributed by atoms with Crippen LogP contribution in [0.5, 0.6) is 0 Å². The Labute approximate surface area is 141 Å². The van der Waals surface area contributed by atoms with Crippen molar-refractivity contribution >= 4 is 23.5 Å². The summed E-state index contributed by atoms with van der Waals surface area (Å²) in [6.45, 7) is 0.876. The van der Waals surface area contributed by atoms with Crippen LogP contribution in [0.3, 0.4) is 0 Å². The number of alkyl halides is 3. The molecule has 0 aliphatic carbocycles. The predicted molar refractivity (Wildman–Crippen MR) is 89.6 cm³/mol. The van der Waals surface area contributed by atoms with Crippen molar-refractivity contribution < 1.29 is 13.2 Å². The van der Waals surface area contributed by atoms with Crippen LogP contribution in [0.25, 0.3) is 0 Å². The Bertz CT molecular complexity index is 618. The SMILES string of the molecule is FC(F)(F)c1ccc(CC2(CCn3ccnc3)SCCS2)cc1. The highest BCUT2D eigenvalue weighted by Crippen LogP contribution is 2.49. The molecule has 0 radical (unpaired) electrons. The van der Waals surface area contributed by atoms with E-state index in [0.717, 1.165) is 36.5 Å². The minimum absolute atomic E-state index is 0.0457. The van der Waals surface area contributed by atoms with Gasteiger partial charge in [0, 0.05) is 30.4 Å². The van der Waals surface area contributed by atoms with E-state index in [9.17, 15) is 13.2 Å². The van der Waals surface area contributed by atoms with Crippen molar-refractivity contribution in [2.45, 2.75) is 29.6 Å². The monoisotopic (exact) mass is 358 g/mol. The first-order valence-electron chi connectivity index (χ1n) is 7.37. The summed E-state index contributed by atoms with van der Waals surface area (Å²) < 4.78 is 40.1. The van der Waals surface area contributed by atoms with Crippen LogP contribution < -0.4 is 0 Å². The molecule has 1 aromatic carbocycles. The van der Waals surface area contributed by atoms with E-state index in [4.69, 9.17) is 0 Å². The Morgan fingerprint density at radius 2 is 1.83 bits per heavy atom. The van der Waals surface area contributed by atoms with Crippen LogP contribution in [0, 0.1) is 0 Å². The van der Waals surface area contributed by atoms with E-state index in [0.29, 0.717) is 0 Å². The Morgan fingerprint density at radius 1 is 1.13 bits per heavy atom. The molecule has 1 aliphatic rings. The van der Waals surface area contributed by atoms with E-state index < -0.39 is 11.7 Å². The largest absolute Gasteiger partial charge is 0.416 e. The lowest BCUT2D eigenvalue weighted by molar-refractivity contribution is -0.137. The van der Waals surface area contributed by atoms with Crippen LogP contribution in [-0.2, 0) is 19.1 Å². The van der Waals surface area contributed by atoms with Crippen LogP contribution in [0.1, 0.15) is 17.5 Å². The summed E-state index contributed by atoms with van der Waals surface area (Å²) in [7, 11) is 0. The molecule has 0 saturated carbocycles. The molecular formula is C16H17F3N2S2. The molecule has 3 rings (SSSR count). The zero-order valence-corrected chi connectivity index (χ0v) is 14.1. The summed E-state index contributed by atoms with van der Waals surface area (Å²) in [5.41, 5.74) is 0.381. The molecule has 1 fully saturated rings. The lowest BCUT2D eigenvalue weighted by Crippen LogP contribution is -2.23. The van der Waals surface area contributed by atoms with E-state index in [1.807, 2.05) is 34.3 Å². The fourth-order valence-electron chi connectivity index (χ4n) is 2.67. The summed E-state index contributed by atoms with van der Waals surface area (Å²) in [6, 6.07) is 5.59. The summed E-state index contributed by atoms with van der Waals surface area (Å²) in [5, 5.41) is 0. The van der Waals surface area contributed by atoms with Crippen LogP contribution in [0.2, 0.25) is 0 Å². The Morgan fingerprint density at radius 3 is 2.39 bits per heavy atom. The lowest BCUT2D eigenvalue weighted by atomic mass is 10.0. The molecule has 0 atom stereocenters. The third-order valence-corrected chi connectivity index (χ3v) is 7.41. The number of nitrogens with zero attached hydrogens (tertiary/aromatic N) is 2. The molecule has 1 aromatic heterocycles. The molecule has 124 valence electrons. The number of benzene rings is 1. The third kappa shape index (κ3) is 4.26. The smallest absolute Gasteiger partial charge is 0.337 e. The van der Waals surface area contributed by atoms with Crippen LogP contribution in [0.15, 0.2) is 43.0 Å². The van der Waals surface area contributed by atoms with Gasteiger partial charge in [0.25, 0.3) is 0 Å². The first-order chi connectivity index (χ1) is 11.0. The van der Waals surface area contributed by atoms with Crippen molar-refractivity contribution in [2.24, 2.45) is 0 Å². The van der Waals surface area contributed by atoms with Gasteiger partial charge < -0.3 is 4.57 Å². The average molecular weight is 358 g/mol. The number of aromatic nitrogens is 2. The minimum atomic E-state index is -4.27. The number of hydrogen-bond acceptors (Lipinski definition) is 3. The number of thioether (sulfide) groups is 2. The van der Waals surface area contributed by atoms with Gasteiger partial charge in [0.2, 0.25) is 0 Å². The van der Waals surface area contributed by atoms with E-state index in [2.05, 4.69) is 4.98 Å². The third-order valence-electron chi connectivity index (χ3n) is 3.88. The number of rotatable bonds is 5. The van der Waals surface area contributed by atoms with Gasteiger partial charge in [-0.15, -0.1) is 23.5 Å². The molecule has 0 bridgehead atoms. The van der Waals surface area contributed by atoms with Gasteiger partial charge in [-0.1, -0.05) is 12.1 Å². The second-order valence-corrected chi connectivity index (χ2v) is 8.74. The van der Waals surface area contributed by atoms with Crippen LogP contribution >= 0.6 is 23.5 Å². The van der Waals surface area contributed by atoms with Crippen molar-refractivity contribution in [3.8, 4) is 0 Å². The van der Waals surface area contributed by atoms with Gasteiger partial charge in [-0.3, -0.25) is 0 Å². The summed E-state index contributed by atoms with van der Waals surface area (Å²) >= 11 is 3.85. The topological polar surface area (TPSA) is 17.8 Å². The highest BCUT2D eigenvalue weighted by atomic mass is 32.2. The first kappa shape index (κ1) is 16.8. The molecule has 7 heteroatoms. The molecule has 0 N–H and O–H groups in total. The maximum absolute atomic E-state index is 12.7. The molecule has 2 nitrogen and oxygen atoms in total.